The topological polar surface area (TPSA) is 36.4 Å². The van der Waals surface area contributed by atoms with Crippen LogP contribution in [0.25, 0.3) is 0 Å². The molecular formula is C14H20BrN3. The molecule has 98 valence electrons. The minimum absolute atomic E-state index is 0.599. The van der Waals surface area contributed by atoms with Crippen LogP contribution in [0.4, 0.5) is 0 Å². The third-order valence-corrected chi connectivity index (χ3v) is 3.90. The third kappa shape index (κ3) is 3.48. The maximum Gasteiger partial charge on any atom is 0.191 e. The normalized spacial score (nSPS) is 22.8. The second kappa shape index (κ2) is 5.74. The highest BCUT2D eigenvalue weighted by Crippen LogP contribution is 2.28. The second-order valence-corrected chi connectivity index (χ2v) is 5.88. The number of hydrogen-bond acceptors (Lipinski definition) is 1. The summed E-state index contributed by atoms with van der Waals surface area (Å²) in [6.45, 7) is 5.19. The van der Waals surface area contributed by atoms with Gasteiger partial charge in [0.25, 0.3) is 0 Å². The van der Waals surface area contributed by atoms with E-state index in [1.54, 1.807) is 0 Å². The number of nitrogens with one attached hydrogen (secondary N) is 2. The van der Waals surface area contributed by atoms with E-state index in [4.69, 9.17) is 0 Å². The van der Waals surface area contributed by atoms with E-state index in [9.17, 15) is 0 Å². The fourth-order valence-electron chi connectivity index (χ4n) is 1.93. The lowest BCUT2D eigenvalue weighted by Gasteiger charge is -2.13. The first kappa shape index (κ1) is 13.4. The number of hydrogen-bond donors (Lipinski definition) is 2. The minimum Gasteiger partial charge on any atom is -0.353 e. The smallest absolute Gasteiger partial charge is 0.191 e. The summed E-state index contributed by atoms with van der Waals surface area (Å²) >= 11 is 3.48. The standard InChI is InChI=1S/C14H20BrN3/c1-9-6-12(15)5-4-11(9)8-17-14(16-3)18-13-7-10(13)2/h4-6,10,13H,7-8H2,1-3H3,(H2,16,17,18). The molecule has 1 aromatic rings. The van der Waals surface area contributed by atoms with Crippen LogP contribution >= 0.6 is 15.9 Å². The lowest BCUT2D eigenvalue weighted by molar-refractivity contribution is 0.762. The van der Waals surface area contributed by atoms with Crippen LogP contribution in [0.1, 0.15) is 24.5 Å². The van der Waals surface area contributed by atoms with Crippen molar-refractivity contribution in [3.8, 4) is 0 Å². The lowest BCUT2D eigenvalue weighted by Crippen LogP contribution is -2.38. The molecule has 1 saturated carbocycles. The average molecular weight is 310 g/mol. The number of guanidine groups is 1. The maximum absolute atomic E-state index is 4.25. The molecule has 1 fully saturated rings. The van der Waals surface area contributed by atoms with Crippen molar-refractivity contribution in [3.63, 3.8) is 0 Å². The van der Waals surface area contributed by atoms with Crippen LogP contribution in [0.3, 0.4) is 0 Å². The van der Waals surface area contributed by atoms with Crippen molar-refractivity contribution in [1.29, 1.82) is 0 Å². The summed E-state index contributed by atoms with van der Waals surface area (Å²) in [5.74, 6) is 1.67. The minimum atomic E-state index is 0.599. The monoisotopic (exact) mass is 309 g/mol. The molecule has 1 aliphatic rings. The van der Waals surface area contributed by atoms with E-state index in [-0.39, 0.29) is 0 Å². The van der Waals surface area contributed by atoms with Gasteiger partial charge in [0, 0.05) is 24.1 Å². The Morgan fingerprint density at radius 2 is 2.22 bits per heavy atom. The Balaban J connectivity index is 1.89. The van der Waals surface area contributed by atoms with Gasteiger partial charge in [-0.05, 0) is 42.5 Å². The van der Waals surface area contributed by atoms with E-state index in [0.717, 1.165) is 22.9 Å². The van der Waals surface area contributed by atoms with Gasteiger partial charge in [-0.3, -0.25) is 4.99 Å². The van der Waals surface area contributed by atoms with Crippen LogP contribution in [0.5, 0.6) is 0 Å². The predicted molar refractivity (Wildman–Crippen MR) is 79.8 cm³/mol. The Morgan fingerprint density at radius 1 is 1.50 bits per heavy atom. The molecule has 2 N–H and O–H groups in total. The van der Waals surface area contributed by atoms with Crippen LogP contribution < -0.4 is 10.6 Å². The summed E-state index contributed by atoms with van der Waals surface area (Å²) in [6.07, 6.45) is 1.25. The molecule has 3 nitrogen and oxygen atoms in total. The number of rotatable bonds is 3. The molecule has 2 rings (SSSR count). The Morgan fingerprint density at radius 3 is 2.78 bits per heavy atom. The highest BCUT2D eigenvalue weighted by molar-refractivity contribution is 9.10. The first-order chi connectivity index (χ1) is 8.60. The SMILES string of the molecule is CN=C(NCc1ccc(Br)cc1C)NC1CC1C. The van der Waals surface area contributed by atoms with Crippen LogP contribution in [0.2, 0.25) is 0 Å². The maximum atomic E-state index is 4.25. The lowest BCUT2D eigenvalue weighted by atomic mass is 10.1. The molecular weight excluding hydrogens is 290 g/mol. The molecule has 0 aromatic heterocycles. The molecule has 0 heterocycles. The van der Waals surface area contributed by atoms with Gasteiger partial charge < -0.3 is 10.6 Å². The van der Waals surface area contributed by atoms with Crippen LogP contribution in [0, 0.1) is 12.8 Å². The van der Waals surface area contributed by atoms with Gasteiger partial charge in [0.15, 0.2) is 5.96 Å². The molecule has 2 unspecified atom stereocenters. The number of aryl methyl sites for hydroxylation is 1. The van der Waals surface area contributed by atoms with E-state index in [1.807, 2.05) is 7.05 Å². The Labute approximate surface area is 117 Å². The fraction of sp³-hybridized carbons (Fsp3) is 0.500. The van der Waals surface area contributed by atoms with Gasteiger partial charge in [0.2, 0.25) is 0 Å². The molecule has 18 heavy (non-hydrogen) atoms. The van der Waals surface area contributed by atoms with E-state index in [0.29, 0.717) is 6.04 Å². The summed E-state index contributed by atoms with van der Waals surface area (Å²) in [7, 11) is 1.82. The average Bonchev–Trinajstić information content (AvgIpc) is 3.02. The van der Waals surface area contributed by atoms with Crippen LogP contribution in [0.15, 0.2) is 27.7 Å². The van der Waals surface area contributed by atoms with Crippen molar-refractivity contribution < 1.29 is 0 Å². The van der Waals surface area contributed by atoms with Crippen LogP contribution in [-0.2, 0) is 6.54 Å². The fourth-order valence-corrected chi connectivity index (χ4v) is 2.41. The molecule has 0 aliphatic heterocycles. The van der Waals surface area contributed by atoms with Crippen LogP contribution in [-0.4, -0.2) is 19.0 Å². The zero-order valence-corrected chi connectivity index (χ0v) is 12.7. The highest BCUT2D eigenvalue weighted by atomic mass is 79.9. The molecule has 0 bridgehead atoms. The van der Waals surface area contributed by atoms with E-state index >= 15 is 0 Å². The molecule has 0 spiro atoms. The Hall–Kier alpha value is -1.03. The zero-order valence-electron chi connectivity index (χ0n) is 11.1. The van der Waals surface area contributed by atoms with Crippen molar-refractivity contribution in [3.05, 3.63) is 33.8 Å². The molecule has 0 radical (unpaired) electrons. The van der Waals surface area contributed by atoms with Gasteiger partial charge in [-0.2, -0.15) is 0 Å². The summed E-state index contributed by atoms with van der Waals surface area (Å²) in [5, 5.41) is 6.78. The number of benzene rings is 1. The molecule has 1 aliphatic carbocycles. The first-order valence-corrected chi connectivity index (χ1v) is 7.11. The Bertz CT molecular complexity index is 456. The summed E-state index contributed by atoms with van der Waals surface area (Å²) in [4.78, 5) is 4.25. The summed E-state index contributed by atoms with van der Waals surface area (Å²) in [5.41, 5.74) is 2.58. The third-order valence-electron chi connectivity index (χ3n) is 3.41. The predicted octanol–water partition coefficient (Wildman–Crippen LogP) is 2.83. The van der Waals surface area contributed by atoms with Crippen molar-refractivity contribution in [2.75, 3.05) is 7.05 Å². The number of halogens is 1. The first-order valence-electron chi connectivity index (χ1n) is 6.32. The van der Waals surface area contributed by atoms with Gasteiger partial charge >= 0.3 is 0 Å². The molecule has 1 aromatic carbocycles. The Kier molecular flexibility index (Phi) is 4.27. The quantitative estimate of drug-likeness (QED) is 0.665. The molecule has 0 amide bonds. The molecule has 0 saturated heterocycles. The molecule has 4 heteroatoms. The van der Waals surface area contributed by atoms with Gasteiger partial charge in [0.05, 0.1) is 0 Å². The highest BCUT2D eigenvalue weighted by Gasteiger charge is 2.33. The van der Waals surface area contributed by atoms with Crippen molar-refractivity contribution in [1.82, 2.24) is 10.6 Å². The van der Waals surface area contributed by atoms with Gasteiger partial charge in [-0.25, -0.2) is 0 Å². The van der Waals surface area contributed by atoms with Gasteiger partial charge in [-0.15, -0.1) is 0 Å². The number of nitrogens with zero attached hydrogens (tertiary/aromatic N) is 1. The summed E-state index contributed by atoms with van der Waals surface area (Å²) in [6, 6.07) is 6.95. The van der Waals surface area contributed by atoms with Crippen molar-refractivity contribution in [2.45, 2.75) is 32.9 Å². The van der Waals surface area contributed by atoms with E-state index < -0.39 is 0 Å². The van der Waals surface area contributed by atoms with Gasteiger partial charge in [0.1, 0.15) is 0 Å². The zero-order chi connectivity index (χ0) is 13.1. The summed E-state index contributed by atoms with van der Waals surface area (Å²) < 4.78 is 1.12. The van der Waals surface area contributed by atoms with Crippen molar-refractivity contribution in [2.24, 2.45) is 10.9 Å². The van der Waals surface area contributed by atoms with Gasteiger partial charge in [-0.1, -0.05) is 28.9 Å². The largest absolute Gasteiger partial charge is 0.353 e. The van der Waals surface area contributed by atoms with Crippen molar-refractivity contribution >= 4 is 21.9 Å². The van der Waals surface area contributed by atoms with E-state index in [2.05, 4.69) is 63.6 Å². The van der Waals surface area contributed by atoms with E-state index in [1.165, 1.54) is 17.5 Å². The molecule has 2 atom stereocenters. The number of aliphatic imine (C=N–C) groups is 1. The second-order valence-electron chi connectivity index (χ2n) is 4.96.